The molecule has 0 aliphatic rings. The third kappa shape index (κ3) is 2.00. The first-order chi connectivity index (χ1) is 8.50. The van der Waals surface area contributed by atoms with E-state index in [9.17, 15) is 14.7 Å². The van der Waals surface area contributed by atoms with Crippen LogP contribution in [-0.4, -0.2) is 31.8 Å². The summed E-state index contributed by atoms with van der Waals surface area (Å²) in [5, 5.41) is 28.8. The van der Waals surface area contributed by atoms with Crippen LogP contribution in [0.3, 0.4) is 0 Å². The molecule has 6 nitrogen and oxygen atoms in total. The average Bonchev–Trinajstić information content (AvgIpc) is 2.64. The smallest absolute Gasteiger partial charge is 0.327 e. The molecule has 0 unspecified atom stereocenters. The van der Waals surface area contributed by atoms with Gasteiger partial charge in [0.05, 0.1) is 6.42 Å². The van der Waals surface area contributed by atoms with Crippen LogP contribution in [0, 0.1) is 0 Å². The minimum absolute atomic E-state index is 0.237. The van der Waals surface area contributed by atoms with Crippen molar-refractivity contribution in [3.8, 4) is 5.88 Å². The Kier molecular flexibility index (Phi) is 2.93. The maximum Gasteiger partial charge on any atom is 0.327 e. The van der Waals surface area contributed by atoms with Gasteiger partial charge in [0.15, 0.2) is 5.88 Å². The molecule has 0 bridgehead atoms. The van der Waals surface area contributed by atoms with Gasteiger partial charge in [0.2, 0.25) is 0 Å². The molecular formula is C12H11NO5. The van der Waals surface area contributed by atoms with Gasteiger partial charge in [-0.15, -0.1) is 0 Å². The molecule has 0 saturated carbocycles. The molecule has 1 aromatic heterocycles. The third-order valence-corrected chi connectivity index (χ3v) is 2.71. The number of hydrogen-bond acceptors (Lipinski definition) is 3. The molecule has 2 aromatic rings. The van der Waals surface area contributed by atoms with Crippen molar-refractivity contribution in [1.82, 2.24) is 4.57 Å². The predicted octanol–water partition coefficient (Wildman–Crippen LogP) is 1.45. The van der Waals surface area contributed by atoms with E-state index in [2.05, 4.69) is 0 Å². The van der Waals surface area contributed by atoms with E-state index < -0.39 is 24.4 Å². The zero-order chi connectivity index (χ0) is 13.3. The van der Waals surface area contributed by atoms with Crippen LogP contribution < -0.4 is 0 Å². The van der Waals surface area contributed by atoms with Crippen molar-refractivity contribution < 1.29 is 24.9 Å². The minimum Gasteiger partial charge on any atom is -0.494 e. The molecule has 2 rings (SSSR count). The van der Waals surface area contributed by atoms with E-state index in [4.69, 9.17) is 10.2 Å². The van der Waals surface area contributed by atoms with Gasteiger partial charge in [-0.1, -0.05) is 18.2 Å². The second-order valence-electron chi connectivity index (χ2n) is 3.90. The Morgan fingerprint density at radius 2 is 1.89 bits per heavy atom. The molecule has 1 aromatic carbocycles. The number of carboxylic acid groups (broad SMARTS) is 2. The zero-order valence-electron chi connectivity index (χ0n) is 9.28. The summed E-state index contributed by atoms with van der Waals surface area (Å²) in [6.45, 7) is 0. The average molecular weight is 249 g/mol. The highest BCUT2D eigenvalue weighted by Gasteiger charge is 2.25. The van der Waals surface area contributed by atoms with Gasteiger partial charge in [0.1, 0.15) is 6.04 Å². The molecule has 0 aliphatic carbocycles. The maximum atomic E-state index is 11.1. The van der Waals surface area contributed by atoms with Crippen molar-refractivity contribution in [2.45, 2.75) is 12.5 Å². The van der Waals surface area contributed by atoms with Gasteiger partial charge in [-0.25, -0.2) is 4.79 Å². The summed E-state index contributed by atoms with van der Waals surface area (Å²) in [7, 11) is 0. The quantitative estimate of drug-likeness (QED) is 0.761. The highest BCUT2D eigenvalue weighted by Crippen LogP contribution is 2.31. The van der Waals surface area contributed by atoms with Crippen molar-refractivity contribution in [1.29, 1.82) is 0 Å². The Bertz CT molecular complexity index is 616. The van der Waals surface area contributed by atoms with Crippen molar-refractivity contribution in [2.75, 3.05) is 0 Å². The van der Waals surface area contributed by atoms with E-state index >= 15 is 0 Å². The number of carboxylic acids is 2. The summed E-state index contributed by atoms with van der Waals surface area (Å²) in [6.07, 6.45) is 0.844. The lowest BCUT2D eigenvalue weighted by molar-refractivity contribution is -0.147. The van der Waals surface area contributed by atoms with Crippen molar-refractivity contribution >= 4 is 22.7 Å². The van der Waals surface area contributed by atoms with E-state index in [0.29, 0.717) is 10.8 Å². The molecular weight excluding hydrogens is 238 g/mol. The second kappa shape index (κ2) is 4.40. The molecule has 1 atom stereocenters. The SMILES string of the molecule is O=C(O)C[C@@H](C(=O)O)n1cc2ccccc2c1O. The van der Waals surface area contributed by atoms with Crippen LogP contribution in [0.1, 0.15) is 12.5 Å². The van der Waals surface area contributed by atoms with E-state index in [0.717, 1.165) is 4.57 Å². The number of aromatic hydroxyl groups is 1. The number of nitrogens with zero attached hydrogens (tertiary/aromatic N) is 1. The Labute approximate surface area is 102 Å². The fraction of sp³-hybridized carbons (Fsp3) is 0.167. The van der Waals surface area contributed by atoms with Crippen molar-refractivity contribution in [3.63, 3.8) is 0 Å². The number of rotatable bonds is 4. The molecule has 3 N–H and O–H groups in total. The number of fused-ring (bicyclic) bond motifs is 1. The highest BCUT2D eigenvalue weighted by atomic mass is 16.4. The van der Waals surface area contributed by atoms with E-state index in [1.165, 1.54) is 6.20 Å². The number of benzene rings is 1. The molecule has 1 heterocycles. The molecule has 0 saturated heterocycles. The van der Waals surface area contributed by atoms with E-state index in [-0.39, 0.29) is 5.88 Å². The lowest BCUT2D eigenvalue weighted by atomic mass is 10.2. The van der Waals surface area contributed by atoms with Gasteiger partial charge >= 0.3 is 11.9 Å². The van der Waals surface area contributed by atoms with Crippen LogP contribution in [0.4, 0.5) is 0 Å². The molecule has 0 radical (unpaired) electrons. The van der Waals surface area contributed by atoms with Crippen LogP contribution >= 0.6 is 0 Å². The highest BCUT2D eigenvalue weighted by molar-refractivity contribution is 5.89. The number of aliphatic carboxylic acids is 2. The Balaban J connectivity index is 2.53. The Hall–Kier alpha value is -2.50. The monoisotopic (exact) mass is 249 g/mol. The van der Waals surface area contributed by atoms with Gasteiger partial charge in [-0.3, -0.25) is 4.79 Å². The summed E-state index contributed by atoms with van der Waals surface area (Å²) in [5.74, 6) is -2.77. The van der Waals surface area contributed by atoms with Gasteiger partial charge in [0, 0.05) is 17.0 Å². The Morgan fingerprint density at radius 3 is 2.44 bits per heavy atom. The van der Waals surface area contributed by atoms with Gasteiger partial charge in [-0.05, 0) is 6.07 Å². The normalized spacial score (nSPS) is 12.4. The topological polar surface area (TPSA) is 99.8 Å². The van der Waals surface area contributed by atoms with Crippen molar-refractivity contribution in [2.24, 2.45) is 0 Å². The van der Waals surface area contributed by atoms with Gasteiger partial charge < -0.3 is 19.9 Å². The number of hydrogen-bond donors (Lipinski definition) is 3. The van der Waals surface area contributed by atoms with Crippen LogP contribution in [0.15, 0.2) is 30.5 Å². The van der Waals surface area contributed by atoms with E-state index in [1.54, 1.807) is 24.3 Å². The fourth-order valence-corrected chi connectivity index (χ4v) is 1.87. The molecule has 6 heteroatoms. The first-order valence-electron chi connectivity index (χ1n) is 5.24. The predicted molar refractivity (Wildman–Crippen MR) is 62.5 cm³/mol. The summed E-state index contributed by atoms with van der Waals surface area (Å²) >= 11 is 0. The van der Waals surface area contributed by atoms with Crippen LogP contribution in [-0.2, 0) is 9.59 Å². The zero-order valence-corrected chi connectivity index (χ0v) is 9.28. The maximum absolute atomic E-state index is 11.1. The van der Waals surface area contributed by atoms with Gasteiger partial charge in [0.25, 0.3) is 0 Å². The molecule has 94 valence electrons. The molecule has 0 amide bonds. The Morgan fingerprint density at radius 1 is 1.22 bits per heavy atom. The fourth-order valence-electron chi connectivity index (χ4n) is 1.87. The van der Waals surface area contributed by atoms with Crippen LogP contribution in [0.2, 0.25) is 0 Å². The lowest BCUT2D eigenvalue weighted by Gasteiger charge is -2.12. The van der Waals surface area contributed by atoms with E-state index in [1.807, 2.05) is 0 Å². The molecule has 0 spiro atoms. The van der Waals surface area contributed by atoms with Crippen LogP contribution in [0.5, 0.6) is 5.88 Å². The largest absolute Gasteiger partial charge is 0.494 e. The van der Waals surface area contributed by atoms with Crippen molar-refractivity contribution in [3.05, 3.63) is 30.5 Å². The summed E-state index contributed by atoms with van der Waals surface area (Å²) in [4.78, 5) is 21.7. The first kappa shape index (κ1) is 12.0. The first-order valence-corrected chi connectivity index (χ1v) is 5.24. The number of carbonyl (C=O) groups is 2. The third-order valence-electron chi connectivity index (χ3n) is 2.71. The lowest BCUT2D eigenvalue weighted by Crippen LogP contribution is -2.21. The standard InChI is InChI=1S/C12H11NO5/c14-10(15)5-9(12(17)18)13-6-7-3-1-2-4-8(7)11(13)16/h1-4,6,9,16H,5H2,(H,14,15)(H,17,18)/t9-/m0/s1. The molecule has 0 fully saturated rings. The molecule has 0 aliphatic heterocycles. The summed E-state index contributed by atoms with van der Waals surface area (Å²) in [5.41, 5.74) is 0. The molecule has 18 heavy (non-hydrogen) atoms. The minimum atomic E-state index is -1.32. The number of aromatic nitrogens is 1. The van der Waals surface area contributed by atoms with Gasteiger partial charge in [-0.2, -0.15) is 0 Å². The van der Waals surface area contributed by atoms with Crippen LogP contribution in [0.25, 0.3) is 10.8 Å². The second-order valence-corrected chi connectivity index (χ2v) is 3.90. The summed E-state index contributed by atoms with van der Waals surface area (Å²) < 4.78 is 1.07. The summed E-state index contributed by atoms with van der Waals surface area (Å²) in [6, 6.07) is 5.49.